The van der Waals surface area contributed by atoms with Crippen molar-refractivity contribution in [3.63, 3.8) is 0 Å². The van der Waals surface area contributed by atoms with Gasteiger partial charge in [0.15, 0.2) is 0 Å². The molecule has 2 atom stereocenters. The first kappa shape index (κ1) is 14.0. The van der Waals surface area contributed by atoms with Gasteiger partial charge in [0.25, 0.3) is 0 Å². The molecule has 4 heteroatoms. The van der Waals surface area contributed by atoms with E-state index in [1.807, 2.05) is 0 Å². The molecule has 0 saturated heterocycles. The topological polar surface area (TPSA) is 32.3 Å². The highest BCUT2D eigenvalue weighted by Crippen LogP contribution is 2.25. The van der Waals surface area contributed by atoms with E-state index in [4.69, 9.17) is 0 Å². The molecular weight excluding hydrogens is 297 g/mol. The Bertz CT molecular complexity index is 399. The van der Waals surface area contributed by atoms with Crippen LogP contribution in [-0.4, -0.2) is 17.8 Å². The lowest BCUT2D eigenvalue weighted by atomic mass is 9.85. The third kappa shape index (κ3) is 3.53. The van der Waals surface area contributed by atoms with Gasteiger partial charge < -0.3 is 10.4 Å². The van der Waals surface area contributed by atoms with Gasteiger partial charge >= 0.3 is 0 Å². The molecule has 100 valence electrons. The maximum atomic E-state index is 13.2. The first-order valence-corrected chi connectivity index (χ1v) is 7.28. The third-order valence-corrected chi connectivity index (χ3v) is 4.48. The molecule has 1 aliphatic carbocycles. The summed E-state index contributed by atoms with van der Waals surface area (Å²) in [6, 6.07) is 5.08. The summed E-state index contributed by atoms with van der Waals surface area (Å²) in [5, 5.41) is 12.8. The maximum absolute atomic E-state index is 13.2. The van der Waals surface area contributed by atoms with Crippen molar-refractivity contribution in [2.75, 3.05) is 6.61 Å². The van der Waals surface area contributed by atoms with Crippen LogP contribution in [0.4, 0.5) is 4.39 Å². The largest absolute Gasteiger partial charge is 0.396 e. The average molecular weight is 316 g/mol. The van der Waals surface area contributed by atoms with Gasteiger partial charge in [-0.2, -0.15) is 0 Å². The Morgan fingerprint density at radius 3 is 2.89 bits per heavy atom. The number of hydrogen-bond donors (Lipinski definition) is 2. The second-order valence-electron chi connectivity index (χ2n) is 4.95. The summed E-state index contributed by atoms with van der Waals surface area (Å²) in [5.74, 6) is 0.128. The molecule has 0 amide bonds. The Morgan fingerprint density at radius 2 is 2.11 bits per heavy atom. The highest BCUT2D eigenvalue weighted by Gasteiger charge is 2.23. The second-order valence-corrected chi connectivity index (χ2v) is 5.80. The van der Waals surface area contributed by atoms with Crippen molar-refractivity contribution in [3.05, 3.63) is 34.1 Å². The summed E-state index contributed by atoms with van der Waals surface area (Å²) >= 11 is 3.43. The van der Waals surface area contributed by atoms with Crippen LogP contribution in [0.1, 0.15) is 31.2 Å². The Balaban J connectivity index is 1.95. The molecule has 1 aromatic carbocycles. The summed E-state index contributed by atoms with van der Waals surface area (Å²) in [5.41, 5.74) is 0.928. The number of rotatable bonds is 4. The van der Waals surface area contributed by atoms with E-state index in [9.17, 15) is 9.50 Å². The minimum absolute atomic E-state index is 0.211. The summed E-state index contributed by atoms with van der Waals surface area (Å²) in [6.45, 7) is 0.876. The molecule has 0 spiro atoms. The summed E-state index contributed by atoms with van der Waals surface area (Å²) < 4.78 is 14.1. The van der Waals surface area contributed by atoms with E-state index in [2.05, 4.69) is 21.2 Å². The highest BCUT2D eigenvalue weighted by atomic mass is 79.9. The molecule has 2 unspecified atom stereocenters. The van der Waals surface area contributed by atoms with Crippen LogP contribution < -0.4 is 5.32 Å². The van der Waals surface area contributed by atoms with Gasteiger partial charge in [-0.15, -0.1) is 0 Å². The van der Waals surface area contributed by atoms with Crippen molar-refractivity contribution in [1.82, 2.24) is 5.32 Å². The van der Waals surface area contributed by atoms with Crippen LogP contribution in [0.25, 0.3) is 0 Å². The Morgan fingerprint density at radius 1 is 1.33 bits per heavy atom. The zero-order valence-corrected chi connectivity index (χ0v) is 11.9. The first-order valence-electron chi connectivity index (χ1n) is 6.49. The van der Waals surface area contributed by atoms with Gasteiger partial charge in [-0.25, -0.2) is 4.39 Å². The Kier molecular flexibility index (Phi) is 5.15. The van der Waals surface area contributed by atoms with Crippen molar-refractivity contribution < 1.29 is 9.50 Å². The SMILES string of the molecule is OCC1CCCCC1NCc1cc(F)ccc1Br. The van der Waals surface area contributed by atoms with E-state index >= 15 is 0 Å². The van der Waals surface area contributed by atoms with Crippen molar-refractivity contribution in [3.8, 4) is 0 Å². The van der Waals surface area contributed by atoms with E-state index in [0.29, 0.717) is 18.5 Å². The zero-order chi connectivity index (χ0) is 13.0. The number of hydrogen-bond acceptors (Lipinski definition) is 2. The third-order valence-electron chi connectivity index (χ3n) is 3.71. The molecule has 0 bridgehead atoms. The second kappa shape index (κ2) is 6.64. The lowest BCUT2D eigenvalue weighted by molar-refractivity contribution is 0.152. The lowest BCUT2D eigenvalue weighted by Crippen LogP contribution is -2.39. The van der Waals surface area contributed by atoms with Gasteiger partial charge in [0.1, 0.15) is 5.82 Å². The van der Waals surface area contributed by atoms with Crippen LogP contribution in [0.3, 0.4) is 0 Å². The highest BCUT2D eigenvalue weighted by molar-refractivity contribution is 9.10. The summed E-state index contributed by atoms with van der Waals surface area (Å²) in [4.78, 5) is 0. The number of aliphatic hydroxyl groups excluding tert-OH is 1. The van der Waals surface area contributed by atoms with Gasteiger partial charge in [-0.05, 0) is 42.5 Å². The molecule has 2 rings (SSSR count). The van der Waals surface area contributed by atoms with Crippen LogP contribution in [0.15, 0.2) is 22.7 Å². The van der Waals surface area contributed by atoms with Crippen LogP contribution in [0, 0.1) is 11.7 Å². The van der Waals surface area contributed by atoms with Crippen LogP contribution in [-0.2, 0) is 6.54 Å². The van der Waals surface area contributed by atoms with E-state index < -0.39 is 0 Å². The van der Waals surface area contributed by atoms with Crippen molar-refractivity contribution in [2.45, 2.75) is 38.3 Å². The molecule has 0 heterocycles. The van der Waals surface area contributed by atoms with Gasteiger partial charge in [-0.1, -0.05) is 28.8 Å². The van der Waals surface area contributed by atoms with Crippen molar-refractivity contribution in [1.29, 1.82) is 0 Å². The molecule has 2 nitrogen and oxygen atoms in total. The molecule has 2 N–H and O–H groups in total. The lowest BCUT2D eigenvalue weighted by Gasteiger charge is -2.31. The van der Waals surface area contributed by atoms with E-state index in [1.165, 1.54) is 18.9 Å². The molecule has 18 heavy (non-hydrogen) atoms. The van der Waals surface area contributed by atoms with Crippen molar-refractivity contribution >= 4 is 15.9 Å². The number of halogens is 2. The van der Waals surface area contributed by atoms with Crippen molar-refractivity contribution in [2.24, 2.45) is 5.92 Å². The number of benzene rings is 1. The van der Waals surface area contributed by atoms with E-state index in [1.54, 1.807) is 12.1 Å². The number of nitrogens with one attached hydrogen (secondary N) is 1. The smallest absolute Gasteiger partial charge is 0.123 e. The standard InChI is InChI=1S/C14H19BrFNO/c15-13-6-5-12(16)7-11(13)8-17-14-4-2-1-3-10(14)9-18/h5-7,10,14,17-18H,1-4,8-9H2. The number of aliphatic hydroxyl groups is 1. The molecule has 0 aromatic heterocycles. The summed E-state index contributed by atoms with van der Waals surface area (Å²) in [7, 11) is 0. The molecule has 0 aliphatic heterocycles. The van der Waals surface area contributed by atoms with E-state index in [0.717, 1.165) is 22.9 Å². The average Bonchev–Trinajstić information content (AvgIpc) is 2.40. The van der Waals surface area contributed by atoms with Gasteiger partial charge in [0, 0.05) is 23.7 Å². The molecule has 1 aliphatic rings. The molecule has 0 radical (unpaired) electrons. The minimum atomic E-state index is -0.211. The van der Waals surface area contributed by atoms with Crippen LogP contribution >= 0.6 is 15.9 Å². The first-order chi connectivity index (χ1) is 8.70. The predicted molar refractivity (Wildman–Crippen MR) is 73.8 cm³/mol. The Hall–Kier alpha value is -0.450. The van der Waals surface area contributed by atoms with Gasteiger partial charge in [-0.3, -0.25) is 0 Å². The van der Waals surface area contributed by atoms with Gasteiger partial charge in [0.05, 0.1) is 0 Å². The fourth-order valence-electron chi connectivity index (χ4n) is 2.61. The van der Waals surface area contributed by atoms with Crippen LogP contribution in [0.2, 0.25) is 0 Å². The summed E-state index contributed by atoms with van der Waals surface area (Å²) in [6.07, 6.45) is 4.59. The molecule has 1 aromatic rings. The van der Waals surface area contributed by atoms with Gasteiger partial charge in [0.2, 0.25) is 0 Å². The minimum Gasteiger partial charge on any atom is -0.396 e. The molecule has 1 saturated carbocycles. The molecule has 1 fully saturated rings. The predicted octanol–water partition coefficient (Wildman–Crippen LogP) is 3.23. The Labute approximate surface area is 116 Å². The quantitative estimate of drug-likeness (QED) is 0.894. The maximum Gasteiger partial charge on any atom is 0.123 e. The monoisotopic (exact) mass is 315 g/mol. The van der Waals surface area contributed by atoms with Crippen LogP contribution in [0.5, 0.6) is 0 Å². The fraction of sp³-hybridized carbons (Fsp3) is 0.571. The van der Waals surface area contributed by atoms with E-state index in [-0.39, 0.29) is 12.4 Å². The zero-order valence-electron chi connectivity index (χ0n) is 10.3. The fourth-order valence-corrected chi connectivity index (χ4v) is 3.00. The normalized spacial score (nSPS) is 24.2. The molecular formula is C14H19BrFNO.